The van der Waals surface area contributed by atoms with Crippen molar-refractivity contribution < 1.29 is 14.3 Å². The van der Waals surface area contributed by atoms with Crippen LogP contribution in [0.15, 0.2) is 48.8 Å². The van der Waals surface area contributed by atoms with Crippen LogP contribution in [0.4, 0.5) is 5.69 Å². The SMILES string of the molecule is CCOc1cccc(NC(=O)c2ccc(-n3cnnn3)c(OC)c2)c1. The number of hydrogen-bond acceptors (Lipinski definition) is 6. The van der Waals surface area contributed by atoms with Gasteiger partial charge in [-0.1, -0.05) is 6.07 Å². The zero-order valence-corrected chi connectivity index (χ0v) is 13.8. The van der Waals surface area contributed by atoms with E-state index in [-0.39, 0.29) is 5.91 Å². The maximum Gasteiger partial charge on any atom is 0.255 e. The summed E-state index contributed by atoms with van der Waals surface area (Å²) in [5.74, 6) is 0.935. The molecule has 3 rings (SSSR count). The number of rotatable bonds is 6. The van der Waals surface area contributed by atoms with Gasteiger partial charge >= 0.3 is 0 Å². The molecule has 1 heterocycles. The van der Waals surface area contributed by atoms with Gasteiger partial charge in [-0.2, -0.15) is 4.68 Å². The van der Waals surface area contributed by atoms with Gasteiger partial charge in [0.25, 0.3) is 5.91 Å². The largest absolute Gasteiger partial charge is 0.494 e. The summed E-state index contributed by atoms with van der Waals surface area (Å²) < 4.78 is 12.2. The molecule has 0 radical (unpaired) electrons. The fraction of sp³-hybridized carbons (Fsp3) is 0.176. The smallest absolute Gasteiger partial charge is 0.255 e. The minimum Gasteiger partial charge on any atom is -0.494 e. The van der Waals surface area contributed by atoms with E-state index in [1.807, 2.05) is 19.1 Å². The quantitative estimate of drug-likeness (QED) is 0.741. The molecule has 0 aliphatic rings. The van der Waals surface area contributed by atoms with E-state index in [1.165, 1.54) is 18.1 Å². The standard InChI is InChI=1S/C17H17N5O3/c1-3-25-14-6-4-5-13(10-14)19-17(23)12-7-8-15(16(9-12)24-2)22-11-18-20-21-22/h4-11H,3H2,1-2H3,(H,19,23). The van der Waals surface area contributed by atoms with E-state index in [0.29, 0.717) is 35.0 Å². The molecule has 0 aliphatic heterocycles. The highest BCUT2D eigenvalue weighted by Crippen LogP contribution is 2.24. The molecule has 3 aromatic rings. The van der Waals surface area contributed by atoms with Crippen LogP contribution in [0, 0.1) is 0 Å². The van der Waals surface area contributed by atoms with Crippen LogP contribution in [0.5, 0.6) is 11.5 Å². The Morgan fingerprint density at radius 1 is 1.24 bits per heavy atom. The minimum absolute atomic E-state index is 0.254. The van der Waals surface area contributed by atoms with E-state index in [9.17, 15) is 4.79 Å². The van der Waals surface area contributed by atoms with Crippen LogP contribution in [0.1, 0.15) is 17.3 Å². The third-order valence-electron chi connectivity index (χ3n) is 3.44. The Hall–Kier alpha value is -3.42. The van der Waals surface area contributed by atoms with Crippen molar-refractivity contribution in [3.63, 3.8) is 0 Å². The van der Waals surface area contributed by atoms with Crippen molar-refractivity contribution in [2.75, 3.05) is 19.0 Å². The van der Waals surface area contributed by atoms with Crippen LogP contribution in [-0.4, -0.2) is 39.8 Å². The molecular weight excluding hydrogens is 322 g/mol. The molecule has 0 fully saturated rings. The highest BCUT2D eigenvalue weighted by Gasteiger charge is 2.13. The van der Waals surface area contributed by atoms with Gasteiger partial charge in [-0.3, -0.25) is 4.79 Å². The number of amides is 1. The number of nitrogens with one attached hydrogen (secondary N) is 1. The normalized spacial score (nSPS) is 10.3. The highest BCUT2D eigenvalue weighted by molar-refractivity contribution is 6.04. The van der Waals surface area contributed by atoms with E-state index in [4.69, 9.17) is 9.47 Å². The first-order chi connectivity index (χ1) is 12.2. The zero-order valence-electron chi connectivity index (χ0n) is 13.8. The van der Waals surface area contributed by atoms with Crippen LogP contribution < -0.4 is 14.8 Å². The van der Waals surface area contributed by atoms with Crippen LogP contribution in [0.25, 0.3) is 5.69 Å². The zero-order chi connectivity index (χ0) is 17.6. The number of ether oxygens (including phenoxy) is 2. The molecule has 0 saturated heterocycles. The van der Waals surface area contributed by atoms with Crippen molar-refractivity contribution in [1.29, 1.82) is 0 Å². The number of nitrogens with zero attached hydrogens (tertiary/aromatic N) is 4. The van der Waals surface area contributed by atoms with Crippen LogP contribution >= 0.6 is 0 Å². The number of carbonyl (C=O) groups excluding carboxylic acids is 1. The van der Waals surface area contributed by atoms with Gasteiger partial charge in [0.05, 0.1) is 13.7 Å². The lowest BCUT2D eigenvalue weighted by Crippen LogP contribution is -2.12. The molecular formula is C17H17N5O3. The third-order valence-corrected chi connectivity index (χ3v) is 3.44. The Morgan fingerprint density at radius 3 is 2.84 bits per heavy atom. The number of hydrogen-bond donors (Lipinski definition) is 1. The second-order valence-electron chi connectivity index (χ2n) is 5.06. The molecule has 1 N–H and O–H groups in total. The molecule has 8 heteroatoms. The average Bonchev–Trinajstić information content (AvgIpc) is 3.16. The van der Waals surface area contributed by atoms with Gasteiger partial charge in [-0.05, 0) is 47.7 Å². The van der Waals surface area contributed by atoms with Crippen LogP contribution in [-0.2, 0) is 0 Å². The van der Waals surface area contributed by atoms with Crippen molar-refractivity contribution in [2.24, 2.45) is 0 Å². The predicted octanol–water partition coefficient (Wildman–Crippen LogP) is 2.32. The van der Waals surface area contributed by atoms with Gasteiger partial charge in [-0.25, -0.2) is 0 Å². The maximum absolute atomic E-state index is 12.5. The molecule has 0 atom stereocenters. The number of tetrazole rings is 1. The monoisotopic (exact) mass is 339 g/mol. The van der Waals surface area contributed by atoms with Crippen molar-refractivity contribution in [2.45, 2.75) is 6.92 Å². The number of benzene rings is 2. The summed E-state index contributed by atoms with van der Waals surface area (Å²) in [6, 6.07) is 12.3. The number of methoxy groups -OCH3 is 1. The fourth-order valence-corrected chi connectivity index (χ4v) is 2.31. The van der Waals surface area contributed by atoms with Gasteiger partial charge in [0.15, 0.2) is 0 Å². The Balaban J connectivity index is 1.81. The second kappa shape index (κ2) is 7.43. The predicted molar refractivity (Wildman–Crippen MR) is 91.3 cm³/mol. The molecule has 0 aliphatic carbocycles. The van der Waals surface area contributed by atoms with Gasteiger partial charge < -0.3 is 14.8 Å². The minimum atomic E-state index is -0.254. The van der Waals surface area contributed by atoms with Gasteiger partial charge in [0.1, 0.15) is 23.5 Å². The average molecular weight is 339 g/mol. The second-order valence-corrected chi connectivity index (χ2v) is 5.06. The van der Waals surface area contributed by atoms with Crippen LogP contribution in [0.3, 0.4) is 0 Å². The van der Waals surface area contributed by atoms with E-state index in [2.05, 4.69) is 20.8 Å². The van der Waals surface area contributed by atoms with E-state index in [1.54, 1.807) is 30.3 Å². The molecule has 0 spiro atoms. The molecule has 1 aromatic heterocycles. The molecule has 0 bridgehead atoms. The van der Waals surface area contributed by atoms with Crippen molar-refractivity contribution >= 4 is 11.6 Å². The molecule has 25 heavy (non-hydrogen) atoms. The Kier molecular flexibility index (Phi) is 4.89. The number of aromatic nitrogens is 4. The summed E-state index contributed by atoms with van der Waals surface area (Å²) in [6.45, 7) is 2.47. The number of anilines is 1. The summed E-state index contributed by atoms with van der Waals surface area (Å²) in [6.07, 6.45) is 1.46. The summed E-state index contributed by atoms with van der Waals surface area (Å²) in [7, 11) is 1.52. The molecule has 0 saturated carbocycles. The first kappa shape index (κ1) is 16.4. The van der Waals surface area contributed by atoms with Gasteiger partial charge in [-0.15, -0.1) is 5.10 Å². The molecule has 1 amide bonds. The Morgan fingerprint density at radius 2 is 2.12 bits per heavy atom. The van der Waals surface area contributed by atoms with E-state index >= 15 is 0 Å². The Labute approximate surface area is 144 Å². The summed E-state index contributed by atoms with van der Waals surface area (Å²) in [4.78, 5) is 12.5. The van der Waals surface area contributed by atoms with Crippen molar-refractivity contribution in [3.8, 4) is 17.2 Å². The molecule has 128 valence electrons. The maximum atomic E-state index is 12.5. The van der Waals surface area contributed by atoms with E-state index in [0.717, 1.165) is 0 Å². The summed E-state index contributed by atoms with van der Waals surface area (Å²) in [5, 5.41) is 13.9. The lowest BCUT2D eigenvalue weighted by molar-refractivity contribution is 0.102. The fourth-order valence-electron chi connectivity index (χ4n) is 2.31. The topological polar surface area (TPSA) is 91.2 Å². The first-order valence-corrected chi connectivity index (χ1v) is 7.67. The third kappa shape index (κ3) is 3.74. The molecule has 0 unspecified atom stereocenters. The van der Waals surface area contributed by atoms with Gasteiger partial charge in [0, 0.05) is 17.3 Å². The summed E-state index contributed by atoms with van der Waals surface area (Å²) in [5.41, 5.74) is 1.75. The lowest BCUT2D eigenvalue weighted by atomic mass is 10.1. The van der Waals surface area contributed by atoms with Gasteiger partial charge in [0.2, 0.25) is 0 Å². The first-order valence-electron chi connectivity index (χ1n) is 7.67. The van der Waals surface area contributed by atoms with Crippen molar-refractivity contribution in [1.82, 2.24) is 20.2 Å². The summed E-state index contributed by atoms with van der Waals surface area (Å²) >= 11 is 0. The number of carbonyl (C=O) groups is 1. The van der Waals surface area contributed by atoms with E-state index < -0.39 is 0 Å². The highest BCUT2D eigenvalue weighted by atomic mass is 16.5. The Bertz CT molecular complexity index is 864. The molecule has 2 aromatic carbocycles. The van der Waals surface area contributed by atoms with Crippen LogP contribution in [0.2, 0.25) is 0 Å². The van der Waals surface area contributed by atoms with Crippen molar-refractivity contribution in [3.05, 3.63) is 54.4 Å². The lowest BCUT2D eigenvalue weighted by Gasteiger charge is -2.11. The molecule has 8 nitrogen and oxygen atoms in total.